The first-order valence-corrected chi connectivity index (χ1v) is 9.03. The fraction of sp³-hybridized carbons (Fsp3) is 0.368. The van der Waals surface area contributed by atoms with Crippen LogP contribution in [0.3, 0.4) is 0 Å². The van der Waals surface area contributed by atoms with Crippen LogP contribution >= 0.6 is 0 Å². The molecule has 0 radical (unpaired) electrons. The van der Waals surface area contributed by atoms with Crippen LogP contribution in [0.25, 0.3) is 10.9 Å². The predicted octanol–water partition coefficient (Wildman–Crippen LogP) is 0.0631. The topological polar surface area (TPSA) is 140 Å². The maximum atomic E-state index is 12.2. The molecule has 0 aliphatic carbocycles. The molecule has 0 saturated carbocycles. The molecule has 0 spiro atoms. The molecular formula is C19H22N4O5. The number of para-hydroxylation sites is 1. The van der Waals surface area contributed by atoms with Gasteiger partial charge in [-0.1, -0.05) is 18.2 Å². The Hall–Kier alpha value is -3.36. The average molecular weight is 386 g/mol. The molecule has 148 valence electrons. The first kappa shape index (κ1) is 19.4. The number of aromatic nitrogens is 1. The van der Waals surface area contributed by atoms with E-state index in [9.17, 15) is 24.3 Å². The molecule has 0 unspecified atom stereocenters. The molecule has 2 aromatic rings. The molecule has 1 aliphatic heterocycles. The second kappa shape index (κ2) is 8.12. The van der Waals surface area contributed by atoms with Gasteiger partial charge in [0.15, 0.2) is 0 Å². The summed E-state index contributed by atoms with van der Waals surface area (Å²) in [7, 11) is 0. The van der Waals surface area contributed by atoms with Crippen LogP contribution in [0.4, 0.5) is 0 Å². The van der Waals surface area contributed by atoms with Gasteiger partial charge in [0.1, 0.15) is 18.1 Å². The Balaban J connectivity index is 1.58. The van der Waals surface area contributed by atoms with E-state index >= 15 is 0 Å². The number of aliphatic carboxylic acids is 1. The van der Waals surface area contributed by atoms with Crippen LogP contribution in [-0.4, -0.2) is 51.9 Å². The van der Waals surface area contributed by atoms with Crippen LogP contribution in [-0.2, 0) is 25.6 Å². The number of carbonyl (C=O) groups is 4. The molecular weight excluding hydrogens is 364 g/mol. The third kappa shape index (κ3) is 4.30. The SMILES string of the molecule is C[C@@H]1NC(=O)[C@H](CCC(=O)N[C@@H](Cc2c[nH]c3ccccc23)C(=O)O)NC1=O. The highest BCUT2D eigenvalue weighted by Crippen LogP contribution is 2.19. The molecule has 3 atom stereocenters. The highest BCUT2D eigenvalue weighted by molar-refractivity contribution is 5.97. The van der Waals surface area contributed by atoms with E-state index in [1.807, 2.05) is 24.3 Å². The summed E-state index contributed by atoms with van der Waals surface area (Å²) in [5, 5.41) is 17.9. The number of H-pyrrole nitrogens is 1. The van der Waals surface area contributed by atoms with Crippen molar-refractivity contribution in [3.8, 4) is 0 Å². The number of carbonyl (C=O) groups excluding carboxylic acids is 3. The zero-order valence-electron chi connectivity index (χ0n) is 15.3. The van der Waals surface area contributed by atoms with E-state index in [-0.39, 0.29) is 31.1 Å². The van der Waals surface area contributed by atoms with E-state index < -0.39 is 30.0 Å². The summed E-state index contributed by atoms with van der Waals surface area (Å²) < 4.78 is 0. The Bertz CT molecular complexity index is 922. The summed E-state index contributed by atoms with van der Waals surface area (Å²) in [6.45, 7) is 1.57. The summed E-state index contributed by atoms with van der Waals surface area (Å²) >= 11 is 0. The fourth-order valence-corrected chi connectivity index (χ4v) is 3.21. The van der Waals surface area contributed by atoms with E-state index in [0.717, 1.165) is 16.5 Å². The molecule has 28 heavy (non-hydrogen) atoms. The minimum absolute atomic E-state index is 0.0790. The second-order valence-corrected chi connectivity index (χ2v) is 6.85. The Morgan fingerprint density at radius 2 is 1.93 bits per heavy atom. The number of nitrogens with one attached hydrogen (secondary N) is 4. The molecule has 3 rings (SSSR count). The number of benzene rings is 1. The van der Waals surface area contributed by atoms with Gasteiger partial charge in [0.2, 0.25) is 17.7 Å². The molecule has 3 amide bonds. The number of aromatic amines is 1. The fourth-order valence-electron chi connectivity index (χ4n) is 3.21. The van der Waals surface area contributed by atoms with Crippen LogP contribution < -0.4 is 16.0 Å². The highest BCUT2D eigenvalue weighted by atomic mass is 16.4. The van der Waals surface area contributed by atoms with Crippen LogP contribution in [0.2, 0.25) is 0 Å². The van der Waals surface area contributed by atoms with E-state index in [2.05, 4.69) is 20.9 Å². The first-order chi connectivity index (χ1) is 13.3. The lowest BCUT2D eigenvalue weighted by atomic mass is 10.0. The molecule has 0 bridgehead atoms. The van der Waals surface area contributed by atoms with Gasteiger partial charge in [-0.2, -0.15) is 0 Å². The van der Waals surface area contributed by atoms with E-state index in [4.69, 9.17) is 0 Å². The van der Waals surface area contributed by atoms with Gasteiger partial charge in [0.05, 0.1) is 0 Å². The number of piperazine rings is 1. The molecule has 9 nitrogen and oxygen atoms in total. The highest BCUT2D eigenvalue weighted by Gasteiger charge is 2.31. The van der Waals surface area contributed by atoms with Crippen LogP contribution in [0, 0.1) is 0 Å². The Morgan fingerprint density at radius 1 is 1.18 bits per heavy atom. The predicted molar refractivity (Wildman–Crippen MR) is 100 cm³/mol. The van der Waals surface area contributed by atoms with Gasteiger partial charge in [0.25, 0.3) is 0 Å². The minimum atomic E-state index is -1.14. The number of rotatable bonds is 7. The summed E-state index contributed by atoms with van der Waals surface area (Å²) in [5.41, 5.74) is 1.68. The van der Waals surface area contributed by atoms with Crippen molar-refractivity contribution in [1.82, 2.24) is 20.9 Å². The Morgan fingerprint density at radius 3 is 2.68 bits per heavy atom. The minimum Gasteiger partial charge on any atom is -0.480 e. The maximum absolute atomic E-state index is 12.2. The monoisotopic (exact) mass is 386 g/mol. The quantitative estimate of drug-likeness (QED) is 0.458. The molecule has 9 heteroatoms. The van der Waals surface area contributed by atoms with Crippen LogP contribution in [0.1, 0.15) is 25.3 Å². The van der Waals surface area contributed by atoms with Gasteiger partial charge in [-0.15, -0.1) is 0 Å². The standard InChI is InChI=1S/C19H22N4O5/c1-10-17(25)23-14(18(26)21-10)6-7-16(24)22-15(19(27)28)8-11-9-20-13-5-3-2-4-12(11)13/h2-5,9-10,14-15,20H,6-8H2,1H3,(H,21,26)(H,22,24)(H,23,25)(H,27,28)/t10-,14-,15-/m0/s1. The number of fused-ring (bicyclic) bond motifs is 1. The molecule has 5 N–H and O–H groups in total. The van der Waals surface area contributed by atoms with Gasteiger partial charge < -0.3 is 26.0 Å². The lowest BCUT2D eigenvalue weighted by Crippen LogP contribution is -2.60. The molecule has 1 aliphatic rings. The number of carboxylic acids is 1. The van der Waals surface area contributed by atoms with Crippen molar-refractivity contribution in [2.45, 2.75) is 44.3 Å². The van der Waals surface area contributed by atoms with Crippen molar-refractivity contribution >= 4 is 34.6 Å². The molecule has 1 saturated heterocycles. The van der Waals surface area contributed by atoms with Crippen LogP contribution in [0.15, 0.2) is 30.5 Å². The normalized spacial score (nSPS) is 20.3. The van der Waals surface area contributed by atoms with Gasteiger partial charge in [-0.25, -0.2) is 4.79 Å². The Labute approximate surface area is 160 Å². The van der Waals surface area contributed by atoms with Crippen molar-refractivity contribution < 1.29 is 24.3 Å². The largest absolute Gasteiger partial charge is 0.480 e. The summed E-state index contributed by atoms with van der Waals surface area (Å²) in [5.74, 6) is -2.30. The Kier molecular flexibility index (Phi) is 5.62. The van der Waals surface area contributed by atoms with Gasteiger partial charge >= 0.3 is 5.97 Å². The molecule has 1 aromatic carbocycles. The van der Waals surface area contributed by atoms with Gasteiger partial charge in [-0.05, 0) is 25.0 Å². The zero-order chi connectivity index (χ0) is 20.3. The van der Waals surface area contributed by atoms with Crippen molar-refractivity contribution in [1.29, 1.82) is 0 Å². The number of hydrogen-bond acceptors (Lipinski definition) is 4. The maximum Gasteiger partial charge on any atom is 0.326 e. The molecule has 1 fully saturated rings. The smallest absolute Gasteiger partial charge is 0.326 e. The van der Waals surface area contributed by atoms with Crippen molar-refractivity contribution in [2.24, 2.45) is 0 Å². The van der Waals surface area contributed by atoms with E-state index in [0.29, 0.717) is 0 Å². The summed E-state index contributed by atoms with van der Waals surface area (Å²) in [4.78, 5) is 50.4. The average Bonchev–Trinajstić information content (AvgIpc) is 3.06. The molecule has 1 aromatic heterocycles. The van der Waals surface area contributed by atoms with E-state index in [1.54, 1.807) is 13.1 Å². The zero-order valence-corrected chi connectivity index (χ0v) is 15.3. The second-order valence-electron chi connectivity index (χ2n) is 6.85. The third-order valence-corrected chi connectivity index (χ3v) is 4.78. The lowest BCUT2D eigenvalue weighted by molar-refractivity contribution is -0.142. The first-order valence-electron chi connectivity index (χ1n) is 9.03. The summed E-state index contributed by atoms with van der Waals surface area (Å²) in [6.07, 6.45) is 1.87. The van der Waals surface area contributed by atoms with Crippen molar-refractivity contribution in [3.05, 3.63) is 36.0 Å². The van der Waals surface area contributed by atoms with Crippen molar-refractivity contribution in [3.63, 3.8) is 0 Å². The number of amides is 3. The summed E-state index contributed by atoms with van der Waals surface area (Å²) in [6, 6.07) is 5.00. The third-order valence-electron chi connectivity index (χ3n) is 4.78. The van der Waals surface area contributed by atoms with Crippen molar-refractivity contribution in [2.75, 3.05) is 0 Å². The number of hydrogen-bond donors (Lipinski definition) is 5. The van der Waals surface area contributed by atoms with E-state index in [1.165, 1.54) is 0 Å². The van der Waals surface area contributed by atoms with Gasteiger partial charge in [-0.3, -0.25) is 14.4 Å². The van der Waals surface area contributed by atoms with Gasteiger partial charge in [0, 0.05) is 29.9 Å². The number of carboxylic acid groups (broad SMARTS) is 1. The molecule has 2 heterocycles. The van der Waals surface area contributed by atoms with Crippen LogP contribution in [0.5, 0.6) is 0 Å². The lowest BCUT2D eigenvalue weighted by Gasteiger charge is -2.27.